The van der Waals surface area contributed by atoms with Crippen molar-refractivity contribution in [2.45, 2.75) is 0 Å². The van der Waals surface area contributed by atoms with Crippen molar-refractivity contribution < 1.29 is 19.7 Å². The zero-order valence-corrected chi connectivity index (χ0v) is 5.38. The van der Waals surface area contributed by atoms with Crippen molar-refractivity contribution in [3.05, 3.63) is 0 Å². The van der Waals surface area contributed by atoms with Crippen LogP contribution in [0, 0.1) is 0 Å². The average molecular weight is 140 g/mol. The summed E-state index contributed by atoms with van der Waals surface area (Å²) in [6, 6.07) is 0. The van der Waals surface area contributed by atoms with Crippen LogP contribution in [0.5, 0.6) is 0 Å². The van der Waals surface area contributed by atoms with E-state index in [1.165, 1.54) is 14.2 Å². The first-order valence-electron chi connectivity index (χ1n) is 1.76. The summed E-state index contributed by atoms with van der Waals surface area (Å²) >= 11 is 0. The smallest absolute Gasteiger partial charge is 0.438 e. The highest BCUT2D eigenvalue weighted by Gasteiger charge is 1.88. The summed E-state index contributed by atoms with van der Waals surface area (Å²) in [7, 11) is 2.51. The number of carbonyl (C=O) groups excluding carboxylic acids is 1. The largest absolute Gasteiger partial charge is 0.507 e. The van der Waals surface area contributed by atoms with Gasteiger partial charge in [0.05, 0.1) is 14.2 Å². The molecule has 0 aromatic carbocycles. The van der Waals surface area contributed by atoms with Gasteiger partial charge in [0, 0.05) is 0 Å². The van der Waals surface area contributed by atoms with Gasteiger partial charge >= 0.3 is 6.16 Å². The highest BCUT2D eigenvalue weighted by atomic mass is 16.7. The van der Waals surface area contributed by atoms with Crippen LogP contribution in [0.15, 0.2) is 0 Å². The Morgan fingerprint density at radius 2 is 1.44 bits per heavy atom. The molecule has 0 spiro atoms. The van der Waals surface area contributed by atoms with Crippen molar-refractivity contribution in [3.63, 3.8) is 0 Å². The Bertz CT molecular complexity index is 51.8. The minimum atomic E-state index is -0.657. The maximum absolute atomic E-state index is 9.74. The molecule has 0 aromatic heterocycles. The van der Waals surface area contributed by atoms with Crippen molar-refractivity contribution in [1.29, 1.82) is 0 Å². The van der Waals surface area contributed by atoms with E-state index in [9.17, 15) is 4.79 Å². The van der Waals surface area contributed by atoms with Gasteiger partial charge in [-0.25, -0.2) is 4.79 Å². The number of carbonyl (C=O) groups is 1. The first-order chi connectivity index (χ1) is 3.81. The maximum Gasteiger partial charge on any atom is 0.507 e. The number of methoxy groups -OCH3 is 2. The highest BCUT2D eigenvalue weighted by molar-refractivity contribution is 5.59. The standard InChI is InChI=1S/C3H6O3.H4N2.H2O/c1-5-3(4)6-2;1-2;/h1-2H3;1-2H2;1H2. The van der Waals surface area contributed by atoms with E-state index in [1.807, 2.05) is 0 Å². The first kappa shape index (κ1) is 15.7. The molecule has 9 heavy (non-hydrogen) atoms. The van der Waals surface area contributed by atoms with E-state index in [4.69, 9.17) is 0 Å². The Labute approximate surface area is 53.0 Å². The summed E-state index contributed by atoms with van der Waals surface area (Å²) in [5.41, 5.74) is 0. The molecule has 0 saturated carbocycles. The Morgan fingerprint density at radius 3 is 1.44 bits per heavy atom. The molecule has 6 heteroatoms. The van der Waals surface area contributed by atoms with E-state index in [1.54, 1.807) is 0 Å². The van der Waals surface area contributed by atoms with Crippen LogP contribution < -0.4 is 11.7 Å². The van der Waals surface area contributed by atoms with Gasteiger partial charge in [-0.2, -0.15) is 0 Å². The summed E-state index contributed by atoms with van der Waals surface area (Å²) in [6.45, 7) is 0. The molecule has 0 amide bonds. The van der Waals surface area contributed by atoms with Crippen molar-refractivity contribution in [3.8, 4) is 0 Å². The van der Waals surface area contributed by atoms with Gasteiger partial charge in [0.1, 0.15) is 0 Å². The summed E-state index contributed by atoms with van der Waals surface area (Å²) < 4.78 is 8.08. The first-order valence-corrected chi connectivity index (χ1v) is 1.76. The summed E-state index contributed by atoms with van der Waals surface area (Å²) in [5, 5.41) is 0. The minimum absolute atomic E-state index is 0. The summed E-state index contributed by atoms with van der Waals surface area (Å²) in [4.78, 5) is 9.74. The molecule has 6 N–H and O–H groups in total. The third-order valence-corrected chi connectivity index (χ3v) is 0.333. The molecule has 0 bridgehead atoms. The van der Waals surface area contributed by atoms with Crippen LogP contribution in [0.4, 0.5) is 4.79 Å². The normalized spacial score (nSPS) is 5.33. The van der Waals surface area contributed by atoms with Gasteiger partial charge in [-0.3, -0.25) is 11.7 Å². The van der Waals surface area contributed by atoms with Gasteiger partial charge < -0.3 is 14.9 Å². The van der Waals surface area contributed by atoms with E-state index in [0.717, 1.165) is 0 Å². The molecule has 0 rings (SSSR count). The molecule has 0 radical (unpaired) electrons. The molecular formula is C3H12N2O4. The summed E-state index contributed by atoms with van der Waals surface area (Å²) in [6.07, 6.45) is -0.657. The predicted molar refractivity (Wildman–Crippen MR) is 31.4 cm³/mol. The Hall–Kier alpha value is -0.850. The van der Waals surface area contributed by atoms with Crippen molar-refractivity contribution in [2.75, 3.05) is 14.2 Å². The minimum Gasteiger partial charge on any atom is -0.438 e. The fourth-order valence-electron chi connectivity index (χ4n) is 0.0833. The molecule has 0 fully saturated rings. The molecule has 0 atom stereocenters. The monoisotopic (exact) mass is 140 g/mol. The number of hydrogen-bond acceptors (Lipinski definition) is 5. The fourth-order valence-corrected chi connectivity index (χ4v) is 0.0833. The number of rotatable bonds is 0. The van der Waals surface area contributed by atoms with Crippen LogP contribution >= 0.6 is 0 Å². The lowest BCUT2D eigenvalue weighted by atomic mass is 11.3. The maximum atomic E-state index is 9.74. The number of ether oxygens (including phenoxy) is 2. The lowest BCUT2D eigenvalue weighted by molar-refractivity contribution is 0.0924. The number of hydrazine groups is 1. The lowest BCUT2D eigenvalue weighted by Gasteiger charge is -1.89. The molecule has 0 aliphatic heterocycles. The van der Waals surface area contributed by atoms with E-state index >= 15 is 0 Å². The van der Waals surface area contributed by atoms with Crippen molar-refractivity contribution in [1.82, 2.24) is 0 Å². The zero-order valence-electron chi connectivity index (χ0n) is 5.38. The molecule has 0 aliphatic rings. The Balaban J connectivity index is -0.000000109. The van der Waals surface area contributed by atoms with Crippen molar-refractivity contribution >= 4 is 6.16 Å². The number of nitrogens with two attached hydrogens (primary N) is 2. The van der Waals surface area contributed by atoms with Crippen LogP contribution in [0.3, 0.4) is 0 Å². The molecule has 58 valence electrons. The van der Waals surface area contributed by atoms with E-state index < -0.39 is 6.16 Å². The second kappa shape index (κ2) is 15.7. The molecule has 0 unspecified atom stereocenters. The van der Waals surface area contributed by atoms with Crippen LogP contribution in [0.25, 0.3) is 0 Å². The topological polar surface area (TPSA) is 119 Å². The van der Waals surface area contributed by atoms with Crippen LogP contribution in [0.1, 0.15) is 0 Å². The fraction of sp³-hybridized carbons (Fsp3) is 0.667. The Morgan fingerprint density at radius 1 is 1.22 bits per heavy atom. The quantitative estimate of drug-likeness (QED) is 0.238. The predicted octanol–water partition coefficient (Wildman–Crippen LogP) is -1.61. The van der Waals surface area contributed by atoms with Crippen LogP contribution in [-0.4, -0.2) is 25.9 Å². The van der Waals surface area contributed by atoms with Gasteiger partial charge in [-0.05, 0) is 0 Å². The Kier molecular flexibility index (Phi) is 27.4. The third-order valence-electron chi connectivity index (χ3n) is 0.333. The van der Waals surface area contributed by atoms with Gasteiger partial charge in [0.2, 0.25) is 0 Å². The molecule has 0 aliphatic carbocycles. The lowest BCUT2D eigenvalue weighted by Crippen LogP contribution is -2.02. The zero-order chi connectivity index (χ0) is 6.99. The van der Waals surface area contributed by atoms with Crippen molar-refractivity contribution in [2.24, 2.45) is 11.7 Å². The third kappa shape index (κ3) is 19.1. The second-order valence-corrected chi connectivity index (χ2v) is 0.658. The van der Waals surface area contributed by atoms with Crippen LogP contribution in [0.2, 0.25) is 0 Å². The summed E-state index contributed by atoms with van der Waals surface area (Å²) in [5.74, 6) is 8.00. The van der Waals surface area contributed by atoms with Crippen LogP contribution in [-0.2, 0) is 9.47 Å². The van der Waals surface area contributed by atoms with Gasteiger partial charge in [-0.1, -0.05) is 0 Å². The van der Waals surface area contributed by atoms with E-state index in [2.05, 4.69) is 21.2 Å². The molecule has 0 aromatic rings. The molecular weight excluding hydrogens is 128 g/mol. The molecule has 6 nitrogen and oxygen atoms in total. The molecule has 0 heterocycles. The SMILES string of the molecule is COC(=O)OC.NN.O. The van der Waals surface area contributed by atoms with E-state index in [0.29, 0.717) is 0 Å². The van der Waals surface area contributed by atoms with Gasteiger partial charge in [0.15, 0.2) is 0 Å². The average Bonchev–Trinajstić information content (AvgIpc) is 1.91. The highest BCUT2D eigenvalue weighted by Crippen LogP contribution is 1.72. The van der Waals surface area contributed by atoms with E-state index in [-0.39, 0.29) is 5.48 Å². The van der Waals surface area contributed by atoms with Gasteiger partial charge in [-0.15, -0.1) is 0 Å². The van der Waals surface area contributed by atoms with Gasteiger partial charge in [0.25, 0.3) is 0 Å². The second-order valence-electron chi connectivity index (χ2n) is 0.658. The number of hydrogen-bond donors (Lipinski definition) is 2. The molecule has 0 saturated heterocycles.